The molecule has 0 spiro atoms. The van der Waals surface area contributed by atoms with Crippen LogP contribution in [-0.2, 0) is 13.1 Å². The molecule has 0 atom stereocenters. The van der Waals surface area contributed by atoms with Gasteiger partial charge in [0.25, 0.3) is 0 Å². The van der Waals surface area contributed by atoms with E-state index in [0.29, 0.717) is 0 Å². The first-order valence-corrected chi connectivity index (χ1v) is 8.74. The van der Waals surface area contributed by atoms with Crippen molar-refractivity contribution in [2.45, 2.75) is 13.1 Å². The lowest BCUT2D eigenvalue weighted by Crippen LogP contribution is -2.12. The number of thiazole rings is 1. The molecule has 4 aromatic rings. The Hall–Kier alpha value is -2.56. The van der Waals surface area contributed by atoms with Gasteiger partial charge in [0.2, 0.25) is 0 Å². The standard InChI is InChI=1S/C20H17N3S/c1-2-8-17-16(6-1)7-3-9-18(17)19-13-23-20(24-19)14-22-12-15-5-4-10-21-11-15/h1-11,13,22H,12,14H2. The van der Waals surface area contributed by atoms with Gasteiger partial charge in [-0.2, -0.15) is 0 Å². The van der Waals surface area contributed by atoms with Gasteiger partial charge >= 0.3 is 0 Å². The summed E-state index contributed by atoms with van der Waals surface area (Å²) in [4.78, 5) is 9.91. The van der Waals surface area contributed by atoms with E-state index >= 15 is 0 Å². The lowest BCUT2D eigenvalue weighted by atomic mass is 10.0. The zero-order valence-corrected chi connectivity index (χ0v) is 14.0. The lowest BCUT2D eigenvalue weighted by Gasteiger charge is -2.03. The number of fused-ring (bicyclic) bond motifs is 1. The molecule has 2 aromatic carbocycles. The van der Waals surface area contributed by atoms with Gasteiger partial charge in [0.15, 0.2) is 0 Å². The summed E-state index contributed by atoms with van der Waals surface area (Å²) in [6.07, 6.45) is 5.66. The van der Waals surface area contributed by atoms with Gasteiger partial charge in [0.05, 0.1) is 4.88 Å². The molecule has 4 heteroatoms. The minimum absolute atomic E-state index is 0.768. The van der Waals surface area contributed by atoms with Gasteiger partial charge in [-0.15, -0.1) is 11.3 Å². The van der Waals surface area contributed by atoms with Crippen LogP contribution in [0.3, 0.4) is 0 Å². The smallest absolute Gasteiger partial charge is 0.107 e. The third kappa shape index (κ3) is 3.20. The molecule has 0 saturated heterocycles. The number of aromatic nitrogens is 2. The van der Waals surface area contributed by atoms with Crippen LogP contribution in [0, 0.1) is 0 Å². The quantitative estimate of drug-likeness (QED) is 0.578. The van der Waals surface area contributed by atoms with Gasteiger partial charge < -0.3 is 5.32 Å². The van der Waals surface area contributed by atoms with Crippen LogP contribution in [0.15, 0.2) is 73.2 Å². The highest BCUT2D eigenvalue weighted by Crippen LogP contribution is 2.32. The predicted octanol–water partition coefficient (Wildman–Crippen LogP) is 4.65. The van der Waals surface area contributed by atoms with Crippen LogP contribution in [0.1, 0.15) is 10.6 Å². The summed E-state index contributed by atoms with van der Waals surface area (Å²) in [5.41, 5.74) is 2.44. The highest BCUT2D eigenvalue weighted by molar-refractivity contribution is 7.15. The van der Waals surface area contributed by atoms with Gasteiger partial charge in [-0.1, -0.05) is 48.5 Å². The van der Waals surface area contributed by atoms with Crippen LogP contribution in [0.5, 0.6) is 0 Å². The molecule has 0 saturated carbocycles. The molecule has 0 bridgehead atoms. The zero-order chi connectivity index (χ0) is 16.2. The molecule has 0 aliphatic heterocycles. The fourth-order valence-corrected chi connectivity index (χ4v) is 3.70. The first kappa shape index (κ1) is 15.0. The first-order valence-electron chi connectivity index (χ1n) is 7.92. The second-order valence-corrected chi connectivity index (χ2v) is 6.72. The second-order valence-electron chi connectivity index (χ2n) is 5.61. The maximum Gasteiger partial charge on any atom is 0.107 e. The van der Waals surface area contributed by atoms with Crippen LogP contribution in [-0.4, -0.2) is 9.97 Å². The van der Waals surface area contributed by atoms with Crippen LogP contribution in [0.4, 0.5) is 0 Å². The lowest BCUT2D eigenvalue weighted by molar-refractivity contribution is 0.688. The normalized spacial score (nSPS) is 11.0. The molecule has 0 unspecified atom stereocenters. The maximum absolute atomic E-state index is 4.57. The van der Waals surface area contributed by atoms with E-state index in [0.717, 1.165) is 18.1 Å². The molecular weight excluding hydrogens is 314 g/mol. The van der Waals surface area contributed by atoms with Crippen LogP contribution >= 0.6 is 11.3 Å². The fourth-order valence-electron chi connectivity index (χ4n) is 2.77. The molecule has 0 radical (unpaired) electrons. The van der Waals surface area contributed by atoms with Crippen LogP contribution in [0.25, 0.3) is 21.2 Å². The highest BCUT2D eigenvalue weighted by atomic mass is 32.1. The zero-order valence-electron chi connectivity index (χ0n) is 13.1. The summed E-state index contributed by atoms with van der Waals surface area (Å²) in [5.74, 6) is 0. The Labute approximate surface area is 145 Å². The summed E-state index contributed by atoms with van der Waals surface area (Å²) in [6.45, 7) is 1.57. The van der Waals surface area contributed by atoms with Crippen LogP contribution < -0.4 is 5.32 Å². The summed E-state index contributed by atoms with van der Waals surface area (Å²) >= 11 is 1.75. The monoisotopic (exact) mass is 331 g/mol. The molecule has 2 heterocycles. The topological polar surface area (TPSA) is 37.8 Å². The van der Waals surface area contributed by atoms with Gasteiger partial charge in [0, 0.05) is 37.2 Å². The summed E-state index contributed by atoms with van der Waals surface area (Å²) < 4.78 is 0. The van der Waals surface area contributed by atoms with Crippen molar-refractivity contribution in [1.29, 1.82) is 0 Å². The third-order valence-corrected chi connectivity index (χ3v) is 4.97. The fraction of sp³-hybridized carbons (Fsp3) is 0.100. The Kier molecular flexibility index (Phi) is 4.32. The Morgan fingerprint density at radius 1 is 0.875 bits per heavy atom. The van der Waals surface area contributed by atoms with E-state index in [4.69, 9.17) is 0 Å². The van der Waals surface area contributed by atoms with E-state index in [2.05, 4.69) is 63.8 Å². The van der Waals surface area contributed by atoms with E-state index < -0.39 is 0 Å². The second kappa shape index (κ2) is 6.91. The Morgan fingerprint density at radius 3 is 2.71 bits per heavy atom. The van der Waals surface area contributed by atoms with E-state index in [9.17, 15) is 0 Å². The Morgan fingerprint density at radius 2 is 1.79 bits per heavy atom. The average molecular weight is 331 g/mol. The Bertz CT molecular complexity index is 942. The highest BCUT2D eigenvalue weighted by Gasteiger charge is 2.07. The Balaban J connectivity index is 1.50. The molecule has 0 fully saturated rings. The molecular formula is C20H17N3S. The number of nitrogens with one attached hydrogen (secondary N) is 1. The number of hydrogen-bond donors (Lipinski definition) is 1. The van der Waals surface area contributed by atoms with Gasteiger partial charge in [-0.05, 0) is 22.4 Å². The SMILES string of the molecule is c1cncc(CNCc2ncc(-c3cccc4ccccc34)s2)c1. The molecule has 118 valence electrons. The van der Waals surface area contributed by atoms with Crippen molar-refractivity contribution in [2.75, 3.05) is 0 Å². The molecule has 4 rings (SSSR count). The van der Waals surface area contributed by atoms with Crippen molar-refractivity contribution in [3.8, 4) is 10.4 Å². The van der Waals surface area contributed by atoms with Crippen molar-refractivity contribution in [3.63, 3.8) is 0 Å². The predicted molar refractivity (Wildman–Crippen MR) is 99.8 cm³/mol. The van der Waals surface area contributed by atoms with Gasteiger partial charge in [-0.3, -0.25) is 4.98 Å². The third-order valence-electron chi connectivity index (χ3n) is 3.94. The molecule has 0 aliphatic rings. The summed E-state index contributed by atoms with van der Waals surface area (Å²) in [5, 5.41) is 7.07. The number of nitrogens with zero attached hydrogens (tertiary/aromatic N) is 2. The molecule has 0 amide bonds. The van der Waals surface area contributed by atoms with E-state index in [1.165, 1.54) is 26.8 Å². The van der Waals surface area contributed by atoms with E-state index in [1.54, 1.807) is 17.5 Å². The van der Waals surface area contributed by atoms with E-state index in [-0.39, 0.29) is 0 Å². The van der Waals surface area contributed by atoms with Crippen molar-refractivity contribution in [3.05, 3.63) is 83.8 Å². The number of benzene rings is 2. The van der Waals surface area contributed by atoms with Gasteiger partial charge in [0.1, 0.15) is 5.01 Å². The first-order chi connectivity index (χ1) is 11.9. The van der Waals surface area contributed by atoms with Gasteiger partial charge in [-0.25, -0.2) is 4.98 Å². The molecule has 24 heavy (non-hydrogen) atoms. The molecule has 2 aromatic heterocycles. The van der Waals surface area contributed by atoms with Crippen molar-refractivity contribution < 1.29 is 0 Å². The molecule has 0 aliphatic carbocycles. The average Bonchev–Trinajstić information content (AvgIpc) is 3.11. The van der Waals surface area contributed by atoms with E-state index in [1.807, 2.05) is 18.5 Å². The number of pyridine rings is 1. The summed E-state index contributed by atoms with van der Waals surface area (Å²) in [7, 11) is 0. The molecule has 1 N–H and O–H groups in total. The van der Waals surface area contributed by atoms with Crippen molar-refractivity contribution >= 4 is 22.1 Å². The van der Waals surface area contributed by atoms with Crippen molar-refractivity contribution in [2.24, 2.45) is 0 Å². The molecule has 3 nitrogen and oxygen atoms in total. The largest absolute Gasteiger partial charge is 0.306 e. The minimum atomic E-state index is 0.768. The maximum atomic E-state index is 4.57. The summed E-state index contributed by atoms with van der Waals surface area (Å²) in [6, 6.07) is 18.9. The van der Waals surface area contributed by atoms with Crippen molar-refractivity contribution in [1.82, 2.24) is 15.3 Å². The number of hydrogen-bond acceptors (Lipinski definition) is 4. The number of rotatable bonds is 5. The van der Waals surface area contributed by atoms with Crippen LogP contribution in [0.2, 0.25) is 0 Å². The minimum Gasteiger partial charge on any atom is -0.306 e.